The maximum absolute atomic E-state index is 12.7. The van der Waals surface area contributed by atoms with Crippen molar-refractivity contribution in [3.63, 3.8) is 0 Å². The summed E-state index contributed by atoms with van der Waals surface area (Å²) >= 11 is 0. The van der Waals surface area contributed by atoms with Crippen LogP contribution in [0.25, 0.3) is 0 Å². The van der Waals surface area contributed by atoms with E-state index in [1.807, 2.05) is 30.3 Å². The third-order valence-corrected chi connectivity index (χ3v) is 4.85. The molecule has 0 aromatic heterocycles. The van der Waals surface area contributed by atoms with Crippen LogP contribution in [-0.4, -0.2) is 49.7 Å². The van der Waals surface area contributed by atoms with Crippen LogP contribution in [0, 0.1) is 0 Å². The van der Waals surface area contributed by atoms with Gasteiger partial charge in [0, 0.05) is 31.2 Å². The molecule has 1 N–H and O–H groups in total. The van der Waals surface area contributed by atoms with Crippen molar-refractivity contribution in [2.24, 2.45) is 0 Å². The van der Waals surface area contributed by atoms with E-state index < -0.39 is 11.7 Å². The number of alkyl halides is 3. The van der Waals surface area contributed by atoms with Crippen molar-refractivity contribution in [1.29, 1.82) is 0 Å². The molecule has 0 aliphatic carbocycles. The number of rotatable bonds is 6. The molecule has 1 aliphatic rings. The fraction of sp³-hybridized carbons (Fsp3) is 0.381. The van der Waals surface area contributed by atoms with Crippen LogP contribution in [0.5, 0.6) is 0 Å². The van der Waals surface area contributed by atoms with Gasteiger partial charge in [0.2, 0.25) is 0 Å². The number of hydrogen-bond acceptors (Lipinski definition) is 3. The first-order valence-corrected chi connectivity index (χ1v) is 9.24. The lowest BCUT2D eigenvalue weighted by Gasteiger charge is -2.34. The lowest BCUT2D eigenvalue weighted by Crippen LogP contribution is -2.49. The Morgan fingerprint density at radius 1 is 1.04 bits per heavy atom. The quantitative estimate of drug-likeness (QED) is 0.820. The molecular formula is C21H23F3N2O2. The number of carbonyl (C=O) groups excluding carboxylic acids is 1. The van der Waals surface area contributed by atoms with Gasteiger partial charge in [-0.25, -0.2) is 0 Å². The zero-order valence-corrected chi connectivity index (χ0v) is 15.4. The Morgan fingerprint density at radius 3 is 2.29 bits per heavy atom. The van der Waals surface area contributed by atoms with Crippen LogP contribution in [0.15, 0.2) is 54.6 Å². The molecule has 7 heteroatoms. The summed E-state index contributed by atoms with van der Waals surface area (Å²) < 4.78 is 43.4. The van der Waals surface area contributed by atoms with Gasteiger partial charge in [0.15, 0.2) is 0 Å². The summed E-state index contributed by atoms with van der Waals surface area (Å²) in [7, 11) is 0. The van der Waals surface area contributed by atoms with Crippen LogP contribution < -0.4 is 5.32 Å². The SMILES string of the molecule is O=C(NCC(Cc1ccccc1)N1CCOCC1)c1ccc(C(F)(F)F)cc1. The fourth-order valence-corrected chi connectivity index (χ4v) is 3.28. The Bertz CT molecular complexity index is 757. The molecule has 1 saturated heterocycles. The lowest BCUT2D eigenvalue weighted by molar-refractivity contribution is -0.137. The second kappa shape index (κ2) is 9.21. The van der Waals surface area contributed by atoms with Gasteiger partial charge in [0.05, 0.1) is 18.8 Å². The molecule has 1 aliphatic heterocycles. The van der Waals surface area contributed by atoms with Crippen LogP contribution in [0.2, 0.25) is 0 Å². The lowest BCUT2D eigenvalue weighted by atomic mass is 10.0. The summed E-state index contributed by atoms with van der Waals surface area (Å²) in [4.78, 5) is 14.7. The largest absolute Gasteiger partial charge is 0.416 e. The molecule has 0 saturated carbocycles. The Kier molecular flexibility index (Phi) is 6.70. The molecule has 1 unspecified atom stereocenters. The van der Waals surface area contributed by atoms with Gasteiger partial charge in [-0.2, -0.15) is 13.2 Å². The zero-order chi connectivity index (χ0) is 20.0. The first-order valence-electron chi connectivity index (χ1n) is 9.24. The summed E-state index contributed by atoms with van der Waals surface area (Å²) in [6.45, 7) is 3.28. The van der Waals surface area contributed by atoms with E-state index >= 15 is 0 Å². The maximum Gasteiger partial charge on any atom is 0.416 e. The molecule has 1 amide bonds. The predicted octanol–water partition coefficient (Wildman–Crippen LogP) is 3.38. The summed E-state index contributed by atoms with van der Waals surface area (Å²) in [6.07, 6.45) is -3.64. The number of carbonyl (C=O) groups is 1. The topological polar surface area (TPSA) is 41.6 Å². The smallest absolute Gasteiger partial charge is 0.379 e. The van der Waals surface area contributed by atoms with Crippen LogP contribution >= 0.6 is 0 Å². The Labute approximate surface area is 162 Å². The van der Waals surface area contributed by atoms with Crippen molar-refractivity contribution < 1.29 is 22.7 Å². The van der Waals surface area contributed by atoms with E-state index in [1.54, 1.807) is 0 Å². The second-order valence-electron chi connectivity index (χ2n) is 6.78. The highest BCUT2D eigenvalue weighted by Crippen LogP contribution is 2.29. The number of ether oxygens (including phenoxy) is 1. The average Bonchev–Trinajstić information content (AvgIpc) is 2.71. The van der Waals surface area contributed by atoms with Gasteiger partial charge in [-0.15, -0.1) is 0 Å². The highest BCUT2D eigenvalue weighted by molar-refractivity contribution is 5.94. The molecule has 150 valence electrons. The maximum atomic E-state index is 12.7. The second-order valence-corrected chi connectivity index (χ2v) is 6.78. The summed E-state index contributed by atoms with van der Waals surface area (Å²) in [6, 6.07) is 14.4. The highest BCUT2D eigenvalue weighted by Gasteiger charge is 2.30. The zero-order valence-electron chi connectivity index (χ0n) is 15.4. The third-order valence-electron chi connectivity index (χ3n) is 4.85. The first-order chi connectivity index (χ1) is 13.4. The van der Waals surface area contributed by atoms with Crippen molar-refractivity contribution in [1.82, 2.24) is 10.2 Å². The standard InChI is InChI=1S/C21H23F3N2O2/c22-21(23,24)18-8-6-17(7-9-18)20(27)25-15-19(26-10-12-28-13-11-26)14-16-4-2-1-3-5-16/h1-9,19H,10-15H2,(H,25,27). The van der Waals surface area contributed by atoms with Crippen LogP contribution in [0.4, 0.5) is 13.2 Å². The number of morpholine rings is 1. The van der Waals surface area contributed by atoms with Crippen molar-refractivity contribution in [2.45, 2.75) is 18.6 Å². The van der Waals surface area contributed by atoms with E-state index in [0.29, 0.717) is 19.8 Å². The van der Waals surface area contributed by atoms with Crippen molar-refractivity contribution >= 4 is 5.91 Å². The van der Waals surface area contributed by atoms with Crippen molar-refractivity contribution in [3.8, 4) is 0 Å². The monoisotopic (exact) mass is 392 g/mol. The molecule has 3 rings (SSSR count). The van der Waals surface area contributed by atoms with Crippen molar-refractivity contribution in [2.75, 3.05) is 32.8 Å². The Hall–Kier alpha value is -2.38. The molecule has 0 spiro atoms. The third kappa shape index (κ3) is 5.56. The molecule has 2 aromatic rings. The van der Waals surface area contributed by atoms with E-state index in [4.69, 9.17) is 4.74 Å². The molecule has 28 heavy (non-hydrogen) atoms. The molecule has 2 aromatic carbocycles. The van der Waals surface area contributed by atoms with Gasteiger partial charge in [-0.05, 0) is 36.2 Å². The molecule has 4 nitrogen and oxygen atoms in total. The molecule has 0 bridgehead atoms. The van der Waals surface area contributed by atoms with Gasteiger partial charge in [-0.1, -0.05) is 30.3 Å². The normalized spacial score (nSPS) is 16.5. The minimum Gasteiger partial charge on any atom is -0.379 e. The number of nitrogens with zero attached hydrogens (tertiary/aromatic N) is 1. The number of nitrogens with one attached hydrogen (secondary N) is 1. The molecule has 1 fully saturated rings. The van der Waals surface area contributed by atoms with Crippen LogP contribution in [0.3, 0.4) is 0 Å². The predicted molar refractivity (Wildman–Crippen MR) is 100 cm³/mol. The van der Waals surface area contributed by atoms with E-state index in [9.17, 15) is 18.0 Å². The van der Waals surface area contributed by atoms with Crippen LogP contribution in [-0.2, 0) is 17.3 Å². The van der Waals surface area contributed by atoms with Gasteiger partial charge >= 0.3 is 6.18 Å². The summed E-state index contributed by atoms with van der Waals surface area (Å²) in [5.41, 5.74) is 0.621. The van der Waals surface area contributed by atoms with Crippen molar-refractivity contribution in [3.05, 3.63) is 71.3 Å². The summed E-state index contributed by atoms with van der Waals surface area (Å²) in [5, 5.41) is 2.87. The molecular weight excluding hydrogens is 369 g/mol. The first kappa shape index (κ1) is 20.4. The Balaban J connectivity index is 1.64. The van der Waals surface area contributed by atoms with Crippen LogP contribution in [0.1, 0.15) is 21.5 Å². The highest BCUT2D eigenvalue weighted by atomic mass is 19.4. The molecule has 1 atom stereocenters. The number of benzene rings is 2. The number of amides is 1. The van der Waals surface area contributed by atoms with E-state index in [1.165, 1.54) is 17.7 Å². The van der Waals surface area contributed by atoms with Gasteiger partial charge in [0.25, 0.3) is 5.91 Å². The van der Waals surface area contributed by atoms with E-state index in [2.05, 4.69) is 10.2 Å². The van der Waals surface area contributed by atoms with Gasteiger partial charge in [0.1, 0.15) is 0 Å². The number of halogens is 3. The molecule has 0 radical (unpaired) electrons. The van der Waals surface area contributed by atoms with E-state index in [0.717, 1.165) is 31.6 Å². The summed E-state index contributed by atoms with van der Waals surface area (Å²) in [5.74, 6) is -0.375. The number of hydrogen-bond donors (Lipinski definition) is 1. The van der Waals surface area contributed by atoms with E-state index in [-0.39, 0.29) is 17.5 Å². The Morgan fingerprint density at radius 2 is 1.68 bits per heavy atom. The fourth-order valence-electron chi connectivity index (χ4n) is 3.28. The van der Waals surface area contributed by atoms with Gasteiger partial charge in [-0.3, -0.25) is 9.69 Å². The minimum absolute atomic E-state index is 0.0877. The minimum atomic E-state index is -4.41. The molecule has 1 heterocycles. The van der Waals surface area contributed by atoms with Gasteiger partial charge < -0.3 is 10.1 Å². The average molecular weight is 392 g/mol.